The summed E-state index contributed by atoms with van der Waals surface area (Å²) in [5, 5.41) is 5.58. The van der Waals surface area contributed by atoms with Crippen LogP contribution in [-0.4, -0.2) is 38.0 Å². The molecule has 0 saturated heterocycles. The molecule has 27 heavy (non-hydrogen) atoms. The number of unbranched alkanes of at least 4 members (excludes halogenated alkanes) is 2. The lowest BCUT2D eigenvalue weighted by Gasteiger charge is -2.19. The molecule has 0 bridgehead atoms. The van der Waals surface area contributed by atoms with E-state index in [0.29, 0.717) is 25.1 Å². The number of methoxy groups -OCH3 is 1. The summed E-state index contributed by atoms with van der Waals surface area (Å²) in [4.78, 5) is 34.8. The van der Waals surface area contributed by atoms with Crippen LogP contribution >= 0.6 is 0 Å². The van der Waals surface area contributed by atoms with E-state index in [9.17, 15) is 14.4 Å². The van der Waals surface area contributed by atoms with Crippen LogP contribution in [0.1, 0.15) is 68.8 Å². The van der Waals surface area contributed by atoms with E-state index in [1.165, 1.54) is 12.7 Å². The number of carbonyl (C=O) groups excluding carboxylic acids is 3. The van der Waals surface area contributed by atoms with Gasteiger partial charge in [0, 0.05) is 31.5 Å². The van der Waals surface area contributed by atoms with Crippen molar-refractivity contribution in [1.82, 2.24) is 10.6 Å². The molecule has 2 N–H and O–H groups in total. The van der Waals surface area contributed by atoms with E-state index in [1.54, 1.807) is 0 Å². The Morgan fingerprint density at radius 2 is 1.56 bits per heavy atom. The first kappa shape index (κ1) is 22.7. The van der Waals surface area contributed by atoms with E-state index in [2.05, 4.69) is 36.1 Å². The fourth-order valence-electron chi connectivity index (χ4n) is 2.50. The Morgan fingerprint density at radius 1 is 0.889 bits per heavy atom. The van der Waals surface area contributed by atoms with Gasteiger partial charge in [0.1, 0.15) is 0 Å². The molecule has 0 aromatic heterocycles. The van der Waals surface area contributed by atoms with Crippen molar-refractivity contribution in [2.45, 2.75) is 58.3 Å². The van der Waals surface area contributed by atoms with Crippen molar-refractivity contribution >= 4 is 17.8 Å². The van der Waals surface area contributed by atoms with E-state index in [4.69, 9.17) is 0 Å². The molecule has 0 spiro atoms. The second-order valence-electron chi connectivity index (χ2n) is 7.57. The van der Waals surface area contributed by atoms with E-state index >= 15 is 0 Å². The van der Waals surface area contributed by atoms with Crippen molar-refractivity contribution in [3.05, 3.63) is 35.4 Å². The Labute approximate surface area is 162 Å². The number of hydrogen-bond donors (Lipinski definition) is 2. The SMILES string of the molecule is COC(=O)CCCCCNC(=O)CCNC(=O)c1ccc(C(C)(C)C)cc1. The third kappa shape index (κ3) is 9.22. The molecule has 0 fully saturated rings. The topological polar surface area (TPSA) is 84.5 Å². The number of benzene rings is 1. The number of hydrogen-bond acceptors (Lipinski definition) is 4. The third-order valence-corrected chi connectivity index (χ3v) is 4.26. The number of esters is 1. The molecule has 0 aliphatic carbocycles. The quantitative estimate of drug-likeness (QED) is 0.486. The van der Waals surface area contributed by atoms with Crippen molar-refractivity contribution in [1.29, 1.82) is 0 Å². The van der Waals surface area contributed by atoms with Crippen molar-refractivity contribution in [3.8, 4) is 0 Å². The zero-order chi connectivity index (χ0) is 20.3. The molecule has 1 rings (SSSR count). The van der Waals surface area contributed by atoms with Crippen molar-refractivity contribution in [2.24, 2.45) is 0 Å². The Bertz CT molecular complexity index is 618. The molecule has 1 aromatic carbocycles. The van der Waals surface area contributed by atoms with Gasteiger partial charge in [-0.15, -0.1) is 0 Å². The summed E-state index contributed by atoms with van der Waals surface area (Å²) in [5.41, 5.74) is 1.81. The molecule has 6 heteroatoms. The molecule has 150 valence electrons. The molecule has 0 unspecified atom stereocenters. The Morgan fingerprint density at radius 3 is 2.15 bits per heavy atom. The number of amides is 2. The van der Waals surface area contributed by atoms with Gasteiger partial charge in [-0.25, -0.2) is 0 Å². The van der Waals surface area contributed by atoms with Crippen LogP contribution in [0.15, 0.2) is 24.3 Å². The van der Waals surface area contributed by atoms with Gasteiger partial charge < -0.3 is 15.4 Å². The maximum Gasteiger partial charge on any atom is 0.305 e. The van der Waals surface area contributed by atoms with Crippen LogP contribution in [0.25, 0.3) is 0 Å². The van der Waals surface area contributed by atoms with Gasteiger partial charge in [-0.3, -0.25) is 14.4 Å². The highest BCUT2D eigenvalue weighted by Crippen LogP contribution is 2.22. The van der Waals surface area contributed by atoms with Crippen LogP contribution in [0.5, 0.6) is 0 Å². The summed E-state index contributed by atoms with van der Waals surface area (Å²) in [6, 6.07) is 7.54. The average Bonchev–Trinajstić information content (AvgIpc) is 2.63. The molecule has 0 aliphatic heterocycles. The van der Waals surface area contributed by atoms with Crippen LogP contribution in [0.3, 0.4) is 0 Å². The minimum atomic E-state index is -0.206. The summed E-state index contributed by atoms with van der Waals surface area (Å²) < 4.78 is 4.57. The zero-order valence-corrected chi connectivity index (χ0v) is 16.9. The molecule has 0 aliphatic rings. The fourth-order valence-corrected chi connectivity index (χ4v) is 2.50. The molecular weight excluding hydrogens is 344 g/mol. The lowest BCUT2D eigenvalue weighted by molar-refractivity contribution is -0.140. The normalized spacial score (nSPS) is 11.0. The Balaban J connectivity index is 2.18. The molecular formula is C21H32N2O4. The molecule has 2 amide bonds. The van der Waals surface area contributed by atoms with Gasteiger partial charge in [0.25, 0.3) is 5.91 Å². The molecule has 1 aromatic rings. The smallest absolute Gasteiger partial charge is 0.305 e. The van der Waals surface area contributed by atoms with Gasteiger partial charge in [0.05, 0.1) is 7.11 Å². The highest BCUT2D eigenvalue weighted by molar-refractivity contribution is 5.94. The van der Waals surface area contributed by atoms with Gasteiger partial charge in [-0.1, -0.05) is 39.3 Å². The van der Waals surface area contributed by atoms with E-state index in [1.807, 2.05) is 24.3 Å². The first-order valence-corrected chi connectivity index (χ1v) is 9.46. The number of nitrogens with one attached hydrogen (secondary N) is 2. The summed E-state index contributed by atoms with van der Waals surface area (Å²) in [6.45, 7) is 7.25. The lowest BCUT2D eigenvalue weighted by atomic mass is 9.87. The summed E-state index contributed by atoms with van der Waals surface area (Å²) in [7, 11) is 1.38. The molecule has 0 saturated carbocycles. The predicted molar refractivity (Wildman–Crippen MR) is 106 cm³/mol. The monoisotopic (exact) mass is 376 g/mol. The minimum absolute atomic E-state index is 0.0480. The summed E-state index contributed by atoms with van der Waals surface area (Å²) in [5.74, 6) is -0.472. The van der Waals surface area contributed by atoms with Crippen LogP contribution in [0.2, 0.25) is 0 Å². The van der Waals surface area contributed by atoms with Crippen molar-refractivity contribution in [3.63, 3.8) is 0 Å². The first-order chi connectivity index (χ1) is 12.7. The lowest BCUT2D eigenvalue weighted by Crippen LogP contribution is -2.31. The third-order valence-electron chi connectivity index (χ3n) is 4.26. The predicted octanol–water partition coefficient (Wildman–Crippen LogP) is 2.95. The highest BCUT2D eigenvalue weighted by Gasteiger charge is 2.14. The number of carbonyl (C=O) groups is 3. The van der Waals surface area contributed by atoms with E-state index < -0.39 is 0 Å². The summed E-state index contributed by atoms with van der Waals surface area (Å²) in [6.07, 6.45) is 3.08. The van der Waals surface area contributed by atoms with Crippen molar-refractivity contribution < 1.29 is 19.1 Å². The first-order valence-electron chi connectivity index (χ1n) is 9.46. The Hall–Kier alpha value is -2.37. The van der Waals surface area contributed by atoms with Crippen LogP contribution < -0.4 is 10.6 Å². The zero-order valence-electron chi connectivity index (χ0n) is 16.9. The van der Waals surface area contributed by atoms with Gasteiger partial charge in [-0.2, -0.15) is 0 Å². The maximum absolute atomic E-state index is 12.1. The standard InChI is InChI=1S/C21H32N2O4/c1-21(2,3)17-11-9-16(10-12-17)20(26)23-15-13-18(24)22-14-7-5-6-8-19(25)27-4/h9-12H,5-8,13-15H2,1-4H3,(H,22,24)(H,23,26). The van der Waals surface area contributed by atoms with Gasteiger partial charge in [0.15, 0.2) is 0 Å². The minimum Gasteiger partial charge on any atom is -0.469 e. The van der Waals surface area contributed by atoms with Gasteiger partial charge in [0.2, 0.25) is 5.91 Å². The largest absolute Gasteiger partial charge is 0.469 e. The van der Waals surface area contributed by atoms with Crippen molar-refractivity contribution in [2.75, 3.05) is 20.2 Å². The van der Waals surface area contributed by atoms with Crippen LogP contribution in [-0.2, 0) is 19.7 Å². The van der Waals surface area contributed by atoms with Gasteiger partial charge in [-0.05, 0) is 36.0 Å². The second kappa shape index (κ2) is 11.4. The highest BCUT2D eigenvalue weighted by atomic mass is 16.5. The number of ether oxygens (including phenoxy) is 1. The Kier molecular flexibility index (Phi) is 9.54. The van der Waals surface area contributed by atoms with E-state index in [-0.39, 0.29) is 29.6 Å². The number of rotatable bonds is 10. The molecule has 0 radical (unpaired) electrons. The maximum atomic E-state index is 12.1. The van der Waals surface area contributed by atoms with Gasteiger partial charge >= 0.3 is 5.97 Å². The molecule has 6 nitrogen and oxygen atoms in total. The second-order valence-corrected chi connectivity index (χ2v) is 7.57. The molecule has 0 atom stereocenters. The van der Waals surface area contributed by atoms with E-state index in [0.717, 1.165) is 19.3 Å². The fraction of sp³-hybridized carbons (Fsp3) is 0.571. The molecule has 0 heterocycles. The van der Waals surface area contributed by atoms with Crippen LogP contribution in [0, 0.1) is 0 Å². The average molecular weight is 376 g/mol. The summed E-state index contributed by atoms with van der Waals surface area (Å²) >= 11 is 0. The van der Waals surface area contributed by atoms with Crippen LogP contribution in [0.4, 0.5) is 0 Å².